The van der Waals surface area contributed by atoms with Crippen molar-refractivity contribution in [3.05, 3.63) is 268 Å². The number of nitrogens with one attached hydrogen (secondary N) is 3. The summed E-state index contributed by atoms with van der Waals surface area (Å²) >= 11 is 16.0. The number of thioether (sulfide) groups is 1. The molecule has 0 saturated heterocycles. The molecule has 416 valence electrons. The molecule has 0 radical (unpaired) electrons. The molecule has 3 N–H and O–H groups in total. The largest absolute Gasteiger partial charge is 0.491 e. The first-order valence-electron chi connectivity index (χ1n) is 25.1. The van der Waals surface area contributed by atoms with Gasteiger partial charge in [0.05, 0.1) is 31.2 Å². The number of aromatic nitrogens is 5. The van der Waals surface area contributed by atoms with Crippen LogP contribution in [0.15, 0.2) is 181 Å². The zero-order chi connectivity index (χ0) is 57.8. The molecule has 0 spiro atoms. The number of hydrogen-bond acceptors (Lipinski definition) is 12. The van der Waals surface area contributed by atoms with Crippen molar-refractivity contribution in [3.8, 4) is 40.6 Å². The number of H-pyrrole nitrogens is 3. The predicted octanol–water partition coefficient (Wildman–Crippen LogP) is 12.5. The number of pyridine rings is 1. The monoisotopic (exact) mass is 1260 g/mol. The van der Waals surface area contributed by atoms with Gasteiger partial charge in [-0.25, -0.2) is 9.59 Å². The molecule has 5 aromatic carbocycles. The van der Waals surface area contributed by atoms with Crippen LogP contribution in [0.1, 0.15) is 50.4 Å². The van der Waals surface area contributed by atoms with E-state index in [-0.39, 0.29) is 18.7 Å². The Kier molecular flexibility index (Phi) is 22.3. The van der Waals surface area contributed by atoms with Crippen molar-refractivity contribution >= 4 is 63.6 Å². The Morgan fingerprint density at radius 3 is 1.95 bits per heavy atom. The minimum atomic E-state index is -0.523. The first kappa shape index (κ1) is 60.4. The van der Waals surface area contributed by atoms with E-state index in [1.165, 1.54) is 50.9 Å². The molecule has 16 nitrogen and oxygen atoms in total. The lowest BCUT2D eigenvalue weighted by Gasteiger charge is -2.15. The average Bonchev–Trinajstić information content (AvgIpc) is 3.95. The summed E-state index contributed by atoms with van der Waals surface area (Å²) in [5.41, 5.74) is 6.37. The van der Waals surface area contributed by atoms with Crippen molar-refractivity contribution in [1.82, 2.24) is 24.1 Å². The molecule has 0 aliphatic carbocycles. The third-order valence-corrected chi connectivity index (χ3v) is 14.1. The molecular weight excluding hydrogens is 1210 g/mol. The van der Waals surface area contributed by atoms with Crippen molar-refractivity contribution in [2.75, 3.05) is 13.2 Å². The van der Waals surface area contributed by atoms with Crippen LogP contribution in [0.25, 0.3) is 6.08 Å². The quantitative estimate of drug-likeness (QED) is 0.0509. The van der Waals surface area contributed by atoms with E-state index < -0.39 is 22.5 Å². The molecule has 9 aromatic rings. The molecule has 0 bridgehead atoms. The maximum absolute atomic E-state index is 12.2. The predicted molar refractivity (Wildman–Crippen MR) is 326 cm³/mol. The standard InChI is InChI=1S/C21H15Cl2N3O4.C20H20INO3S.C20H20N2O3/c22-15-3-4-18(30-17-11-14(2-1-6-24)10-16(23)12-17)19(13-15)29-9-8-26-7-5-20(27)25-21(26)28;1-12-7-13(2)9-16(8-12)25-19-17(14(3)22-20(23)18(19)21)11-26-10-15-5-4-6-24-15;1-15-7-8-18(17(13-15)14-16-5-3-2-4-6-16)25-12-11-22-10-9-19(23)21-20(22)24/h1-5,7,10-13H,8-9H2,(H,25,27,28);4-9H,10-11H2,1-3H3,(H,22,23);2-10,13H,11-12,14H2,1H3,(H,21,23,24)/b2-1+;;. The SMILES string of the molecule is Cc1cc(C)cc(Oc2c(CSCc3ccco3)c(C)[nH]c(=O)c2I)c1.Cc1ccc(OCCn2ccc(=O)[nH]c2=O)c(Cc2ccccc2)c1.N#C/C=C/c1cc(Cl)cc(Oc2ccc(Cl)cc2OCCn2ccc(=O)[nH]c2=O)c1. The highest BCUT2D eigenvalue weighted by Gasteiger charge is 2.18. The normalized spacial score (nSPS) is 10.7. The van der Waals surface area contributed by atoms with Gasteiger partial charge in [-0.05, 0) is 145 Å². The molecule has 0 saturated carbocycles. The molecule has 81 heavy (non-hydrogen) atoms. The molecule has 0 atom stereocenters. The van der Waals surface area contributed by atoms with Crippen LogP contribution >= 0.6 is 57.6 Å². The number of nitriles is 1. The minimum Gasteiger partial charge on any atom is -0.491 e. The fourth-order valence-electron chi connectivity index (χ4n) is 7.98. The molecule has 9 rings (SSSR count). The molecular formula is C61H55Cl2IN6O10S. The van der Waals surface area contributed by atoms with Gasteiger partial charge in [-0.3, -0.25) is 33.5 Å². The van der Waals surface area contributed by atoms with Gasteiger partial charge in [-0.1, -0.05) is 77.3 Å². The van der Waals surface area contributed by atoms with Gasteiger partial charge in [-0.2, -0.15) is 5.26 Å². The Bertz CT molecular complexity index is 3960. The van der Waals surface area contributed by atoms with Gasteiger partial charge in [0.25, 0.3) is 16.7 Å². The second-order valence-corrected chi connectivity index (χ2v) is 21.1. The van der Waals surface area contributed by atoms with Crippen LogP contribution in [0.4, 0.5) is 0 Å². The number of hydrogen-bond donors (Lipinski definition) is 3. The maximum atomic E-state index is 12.2. The van der Waals surface area contributed by atoms with E-state index in [0.29, 0.717) is 55.3 Å². The van der Waals surface area contributed by atoms with Gasteiger partial charge < -0.3 is 28.3 Å². The summed E-state index contributed by atoms with van der Waals surface area (Å²) in [5, 5.41) is 9.58. The van der Waals surface area contributed by atoms with E-state index in [1.807, 2.05) is 81.4 Å². The van der Waals surface area contributed by atoms with Crippen LogP contribution in [-0.4, -0.2) is 37.3 Å². The van der Waals surface area contributed by atoms with E-state index in [0.717, 1.165) is 63.1 Å². The van der Waals surface area contributed by atoms with E-state index in [2.05, 4.69) is 68.7 Å². The minimum absolute atomic E-state index is 0.123. The van der Waals surface area contributed by atoms with Crippen LogP contribution in [0, 0.1) is 42.6 Å². The van der Waals surface area contributed by atoms with Crippen LogP contribution in [0.2, 0.25) is 10.0 Å². The zero-order valence-electron chi connectivity index (χ0n) is 44.4. The highest BCUT2D eigenvalue weighted by Crippen LogP contribution is 2.37. The number of aromatic amines is 3. The number of allylic oxidation sites excluding steroid dienone is 1. The fraction of sp³-hybridized carbons (Fsp3) is 0.180. The van der Waals surface area contributed by atoms with E-state index in [4.69, 9.17) is 51.8 Å². The summed E-state index contributed by atoms with van der Waals surface area (Å²) < 4.78 is 32.4. The number of halogens is 3. The molecule has 4 aromatic heterocycles. The van der Waals surface area contributed by atoms with Crippen LogP contribution in [0.3, 0.4) is 0 Å². The number of rotatable bonds is 19. The third kappa shape index (κ3) is 18.7. The Hall–Kier alpha value is -8.22. The van der Waals surface area contributed by atoms with Crippen molar-refractivity contribution in [3.63, 3.8) is 0 Å². The highest BCUT2D eigenvalue weighted by molar-refractivity contribution is 14.1. The summed E-state index contributed by atoms with van der Waals surface area (Å²) in [4.78, 5) is 65.2. The van der Waals surface area contributed by atoms with Gasteiger partial charge in [0, 0.05) is 70.1 Å². The molecule has 20 heteroatoms. The average molecular weight is 1260 g/mol. The Morgan fingerprint density at radius 1 is 0.654 bits per heavy atom. The highest BCUT2D eigenvalue weighted by atomic mass is 127. The Labute approximate surface area is 493 Å². The Balaban J connectivity index is 0.000000176. The summed E-state index contributed by atoms with van der Waals surface area (Å²) in [6.45, 7) is 9.09. The first-order chi connectivity index (χ1) is 39.0. The summed E-state index contributed by atoms with van der Waals surface area (Å²) in [7, 11) is 0. The van der Waals surface area contributed by atoms with E-state index in [1.54, 1.807) is 60.5 Å². The van der Waals surface area contributed by atoms with Crippen LogP contribution < -0.4 is 47.0 Å². The Morgan fingerprint density at radius 2 is 1.31 bits per heavy atom. The first-order valence-corrected chi connectivity index (χ1v) is 28.1. The molecule has 0 amide bonds. The second kappa shape index (κ2) is 29.8. The van der Waals surface area contributed by atoms with Gasteiger partial charge in [0.1, 0.15) is 39.8 Å². The molecule has 0 aliphatic rings. The summed E-state index contributed by atoms with van der Waals surface area (Å²) in [5.74, 6) is 5.84. The molecule has 0 aliphatic heterocycles. The second-order valence-electron chi connectivity index (χ2n) is 18.2. The van der Waals surface area contributed by atoms with E-state index in [9.17, 15) is 24.0 Å². The van der Waals surface area contributed by atoms with Gasteiger partial charge in [0.2, 0.25) is 0 Å². The number of furan rings is 1. The number of benzene rings is 5. The zero-order valence-corrected chi connectivity index (χ0v) is 48.9. The smallest absolute Gasteiger partial charge is 0.328 e. The van der Waals surface area contributed by atoms with Crippen LogP contribution in [0.5, 0.6) is 34.5 Å². The number of aryl methyl sites for hydroxylation is 4. The van der Waals surface area contributed by atoms with Crippen molar-refractivity contribution < 1.29 is 23.4 Å². The van der Waals surface area contributed by atoms with Crippen molar-refractivity contribution in [2.24, 2.45) is 0 Å². The van der Waals surface area contributed by atoms with E-state index >= 15 is 0 Å². The van der Waals surface area contributed by atoms with Crippen LogP contribution in [-0.2, 0) is 31.0 Å². The van der Waals surface area contributed by atoms with Gasteiger partial charge >= 0.3 is 11.4 Å². The lowest BCUT2D eigenvalue weighted by Crippen LogP contribution is -2.30. The van der Waals surface area contributed by atoms with Crippen molar-refractivity contribution in [1.29, 1.82) is 5.26 Å². The third-order valence-electron chi connectivity index (χ3n) is 11.7. The lowest BCUT2D eigenvalue weighted by atomic mass is 10.0. The maximum Gasteiger partial charge on any atom is 0.328 e. The van der Waals surface area contributed by atoms with Gasteiger partial charge in [-0.15, -0.1) is 11.8 Å². The number of nitrogens with zero attached hydrogens (tertiary/aromatic N) is 3. The van der Waals surface area contributed by atoms with Gasteiger partial charge in [0.15, 0.2) is 17.2 Å². The summed E-state index contributed by atoms with van der Waals surface area (Å²) in [6.07, 6.45) is 8.28. The number of ether oxygens (including phenoxy) is 4. The topological polar surface area (TPSA) is 216 Å². The lowest BCUT2D eigenvalue weighted by molar-refractivity contribution is 0.283. The molecule has 0 unspecified atom stereocenters. The van der Waals surface area contributed by atoms with Crippen molar-refractivity contribution in [2.45, 2.75) is 58.7 Å². The molecule has 4 heterocycles. The summed E-state index contributed by atoms with van der Waals surface area (Å²) in [6, 6.07) is 40.7. The molecule has 0 fully saturated rings. The fourth-order valence-corrected chi connectivity index (χ4v) is 9.96.